The van der Waals surface area contributed by atoms with Gasteiger partial charge in [0.15, 0.2) is 0 Å². The number of nitrogens with one attached hydrogen (secondary N) is 2. The molecule has 0 radical (unpaired) electrons. The van der Waals surface area contributed by atoms with Gasteiger partial charge in [-0.1, -0.05) is 90.1 Å². The first-order valence-electron chi connectivity index (χ1n) is 12.0. The quantitative estimate of drug-likeness (QED) is 0.267. The number of sulfonamides is 1. The standard InChI is InChI=1S/C30H30N2O3S2/c1-21-18-22(2)29(23(3)19-21)37(34,35)32-27(20-24-12-6-4-7-13-24)30(33)31-26-16-10-11-17-28(26)36-25-14-8-5-9-15-25/h4-19,27,32H,20H2,1-3H3,(H,31,33). The average Bonchev–Trinajstić information content (AvgIpc) is 2.85. The summed E-state index contributed by atoms with van der Waals surface area (Å²) >= 11 is 1.53. The van der Waals surface area contributed by atoms with E-state index < -0.39 is 22.0 Å². The monoisotopic (exact) mass is 530 g/mol. The predicted octanol–water partition coefficient (Wildman–Crippen LogP) is 6.29. The molecule has 4 aromatic carbocycles. The average molecular weight is 531 g/mol. The van der Waals surface area contributed by atoms with Crippen LogP contribution in [-0.4, -0.2) is 20.4 Å². The first kappa shape index (κ1) is 26.7. The SMILES string of the molecule is Cc1cc(C)c(S(=O)(=O)NC(Cc2ccccc2)C(=O)Nc2ccccc2Sc2ccccc2)c(C)c1. The second kappa shape index (κ2) is 11.8. The molecule has 190 valence electrons. The summed E-state index contributed by atoms with van der Waals surface area (Å²) in [6, 6.07) is 29.5. The lowest BCUT2D eigenvalue weighted by Gasteiger charge is -2.21. The van der Waals surface area contributed by atoms with Crippen molar-refractivity contribution in [1.82, 2.24) is 4.72 Å². The van der Waals surface area contributed by atoms with E-state index in [1.54, 1.807) is 13.8 Å². The number of carbonyl (C=O) groups is 1. The predicted molar refractivity (Wildman–Crippen MR) is 151 cm³/mol. The molecule has 0 heterocycles. The Balaban J connectivity index is 1.64. The summed E-state index contributed by atoms with van der Waals surface area (Å²) in [5, 5.41) is 2.98. The number of amides is 1. The second-order valence-corrected chi connectivity index (χ2v) is 11.8. The minimum absolute atomic E-state index is 0.212. The molecule has 1 amide bonds. The van der Waals surface area contributed by atoms with Crippen molar-refractivity contribution in [1.29, 1.82) is 0 Å². The zero-order chi connectivity index (χ0) is 26.4. The van der Waals surface area contributed by atoms with Gasteiger partial charge < -0.3 is 5.32 Å². The number of hydrogen-bond donors (Lipinski definition) is 2. The highest BCUT2D eigenvalue weighted by molar-refractivity contribution is 7.99. The third kappa shape index (κ3) is 6.89. The van der Waals surface area contributed by atoms with Crippen LogP contribution in [0, 0.1) is 20.8 Å². The summed E-state index contributed by atoms with van der Waals surface area (Å²) in [6.07, 6.45) is 0.212. The molecule has 0 aromatic heterocycles. The maximum absolute atomic E-state index is 13.6. The van der Waals surface area contributed by atoms with Crippen LogP contribution in [0.3, 0.4) is 0 Å². The molecule has 4 aromatic rings. The van der Waals surface area contributed by atoms with Gasteiger partial charge in [0, 0.05) is 9.79 Å². The van der Waals surface area contributed by atoms with Gasteiger partial charge in [-0.2, -0.15) is 4.72 Å². The van der Waals surface area contributed by atoms with Crippen LogP contribution in [0.4, 0.5) is 5.69 Å². The molecule has 0 aliphatic heterocycles. The molecule has 0 saturated carbocycles. The normalized spacial score (nSPS) is 12.2. The molecule has 0 fully saturated rings. The zero-order valence-electron chi connectivity index (χ0n) is 21.1. The third-order valence-electron chi connectivity index (χ3n) is 5.89. The Morgan fingerprint density at radius 1 is 0.811 bits per heavy atom. The number of hydrogen-bond acceptors (Lipinski definition) is 4. The molecule has 1 atom stereocenters. The van der Waals surface area contributed by atoms with Crippen molar-refractivity contribution in [3.8, 4) is 0 Å². The topological polar surface area (TPSA) is 75.3 Å². The maximum atomic E-state index is 13.6. The van der Waals surface area contributed by atoms with Crippen LogP contribution in [0.1, 0.15) is 22.3 Å². The first-order valence-corrected chi connectivity index (χ1v) is 14.3. The summed E-state index contributed by atoms with van der Waals surface area (Å²) in [7, 11) is -3.97. The summed E-state index contributed by atoms with van der Waals surface area (Å²) in [5.74, 6) is -0.420. The first-order chi connectivity index (χ1) is 17.7. The number of benzene rings is 4. The number of carbonyl (C=O) groups excluding carboxylic acids is 1. The largest absolute Gasteiger partial charge is 0.324 e. The molecule has 5 nitrogen and oxygen atoms in total. The van der Waals surface area contributed by atoms with Gasteiger partial charge in [0.05, 0.1) is 10.6 Å². The van der Waals surface area contributed by atoms with E-state index in [0.717, 1.165) is 20.9 Å². The van der Waals surface area contributed by atoms with Crippen molar-refractivity contribution in [2.45, 2.75) is 47.9 Å². The molecule has 37 heavy (non-hydrogen) atoms. The number of rotatable bonds is 9. The number of anilines is 1. The number of aryl methyl sites for hydroxylation is 3. The van der Waals surface area contributed by atoms with Crippen molar-refractivity contribution in [2.24, 2.45) is 0 Å². The lowest BCUT2D eigenvalue weighted by Crippen LogP contribution is -2.45. The summed E-state index contributed by atoms with van der Waals surface area (Å²) in [6.45, 7) is 5.48. The molecular weight excluding hydrogens is 500 g/mol. The van der Waals surface area contributed by atoms with Gasteiger partial charge in [0.25, 0.3) is 0 Å². The van der Waals surface area contributed by atoms with E-state index in [-0.39, 0.29) is 11.3 Å². The van der Waals surface area contributed by atoms with E-state index in [1.165, 1.54) is 11.8 Å². The maximum Gasteiger partial charge on any atom is 0.242 e. The van der Waals surface area contributed by atoms with Gasteiger partial charge in [-0.15, -0.1) is 0 Å². The van der Waals surface area contributed by atoms with E-state index in [9.17, 15) is 13.2 Å². The molecule has 0 aliphatic rings. The molecule has 0 saturated heterocycles. The van der Waals surface area contributed by atoms with Crippen molar-refractivity contribution in [3.63, 3.8) is 0 Å². The Labute approximate surface area is 223 Å². The van der Waals surface area contributed by atoms with Crippen LogP contribution < -0.4 is 10.0 Å². The minimum Gasteiger partial charge on any atom is -0.324 e. The zero-order valence-corrected chi connectivity index (χ0v) is 22.7. The highest BCUT2D eigenvalue weighted by atomic mass is 32.2. The van der Waals surface area contributed by atoms with Crippen LogP contribution in [0.15, 0.2) is 112 Å². The van der Waals surface area contributed by atoms with Gasteiger partial charge >= 0.3 is 0 Å². The molecule has 0 bridgehead atoms. The van der Waals surface area contributed by atoms with E-state index in [4.69, 9.17) is 0 Å². The van der Waals surface area contributed by atoms with E-state index >= 15 is 0 Å². The van der Waals surface area contributed by atoms with E-state index in [1.807, 2.05) is 104 Å². The Kier molecular flexibility index (Phi) is 8.48. The minimum atomic E-state index is -3.97. The van der Waals surface area contributed by atoms with Crippen molar-refractivity contribution in [3.05, 3.63) is 119 Å². The molecule has 7 heteroatoms. The highest BCUT2D eigenvalue weighted by Gasteiger charge is 2.29. The molecule has 4 rings (SSSR count). The molecular formula is C30H30N2O3S2. The van der Waals surface area contributed by atoms with E-state index in [2.05, 4.69) is 10.0 Å². The van der Waals surface area contributed by atoms with Gasteiger partial charge in [-0.3, -0.25) is 4.79 Å². The number of para-hydroxylation sites is 1. The van der Waals surface area contributed by atoms with Crippen LogP contribution >= 0.6 is 11.8 Å². The second-order valence-electron chi connectivity index (χ2n) is 8.99. The summed E-state index contributed by atoms with van der Waals surface area (Å²) in [4.78, 5) is 15.7. The van der Waals surface area contributed by atoms with Gasteiger partial charge in [0.2, 0.25) is 15.9 Å². The molecule has 0 spiro atoms. The van der Waals surface area contributed by atoms with Crippen molar-refractivity contribution >= 4 is 33.4 Å². The van der Waals surface area contributed by atoms with Crippen LogP contribution in [0.2, 0.25) is 0 Å². The van der Waals surface area contributed by atoms with Crippen molar-refractivity contribution < 1.29 is 13.2 Å². The van der Waals surface area contributed by atoms with Crippen LogP contribution in [-0.2, 0) is 21.2 Å². The smallest absolute Gasteiger partial charge is 0.242 e. The Hall–Kier alpha value is -3.39. The van der Waals surface area contributed by atoms with Crippen LogP contribution in [0.5, 0.6) is 0 Å². The molecule has 0 aliphatic carbocycles. The lowest BCUT2D eigenvalue weighted by atomic mass is 10.1. The third-order valence-corrected chi connectivity index (χ3v) is 8.75. The van der Waals surface area contributed by atoms with Gasteiger partial charge in [-0.25, -0.2) is 8.42 Å². The van der Waals surface area contributed by atoms with Crippen molar-refractivity contribution in [2.75, 3.05) is 5.32 Å². The molecule has 2 N–H and O–H groups in total. The highest BCUT2D eigenvalue weighted by Crippen LogP contribution is 2.33. The Morgan fingerprint density at radius 2 is 1.38 bits per heavy atom. The lowest BCUT2D eigenvalue weighted by molar-refractivity contribution is -0.117. The van der Waals surface area contributed by atoms with Gasteiger partial charge in [0.1, 0.15) is 6.04 Å². The van der Waals surface area contributed by atoms with E-state index in [0.29, 0.717) is 16.8 Å². The Morgan fingerprint density at radius 3 is 2.03 bits per heavy atom. The fourth-order valence-corrected chi connectivity index (χ4v) is 6.94. The molecule has 1 unspecified atom stereocenters. The summed E-state index contributed by atoms with van der Waals surface area (Å²) < 4.78 is 29.8. The van der Waals surface area contributed by atoms with Crippen LogP contribution in [0.25, 0.3) is 0 Å². The fourth-order valence-electron chi connectivity index (χ4n) is 4.37. The fraction of sp³-hybridized carbons (Fsp3) is 0.167. The Bertz CT molecular complexity index is 1470. The summed E-state index contributed by atoms with van der Waals surface area (Å²) in [5.41, 5.74) is 3.76. The van der Waals surface area contributed by atoms with Gasteiger partial charge in [-0.05, 0) is 68.1 Å².